The van der Waals surface area contributed by atoms with Gasteiger partial charge >= 0.3 is 0 Å². The maximum Gasteiger partial charge on any atom is 0.231 e. The molecule has 0 bridgehead atoms. The van der Waals surface area contributed by atoms with Crippen LogP contribution in [-0.2, 0) is 22.6 Å². The predicted molar refractivity (Wildman–Crippen MR) is 90.0 cm³/mol. The number of amides is 1. The highest BCUT2D eigenvalue weighted by atomic mass is 16.7. The minimum Gasteiger partial charge on any atom is -0.454 e. The van der Waals surface area contributed by atoms with Crippen LogP contribution in [0.3, 0.4) is 0 Å². The van der Waals surface area contributed by atoms with E-state index in [2.05, 4.69) is 5.32 Å². The predicted octanol–water partition coefficient (Wildman–Crippen LogP) is 2.68. The lowest BCUT2D eigenvalue weighted by molar-refractivity contribution is -0.121. The Balaban J connectivity index is 1.41. The lowest BCUT2D eigenvalue weighted by atomic mass is 10.1. The summed E-state index contributed by atoms with van der Waals surface area (Å²) < 4.78 is 16.2. The van der Waals surface area contributed by atoms with Gasteiger partial charge in [-0.3, -0.25) is 4.79 Å². The zero-order valence-electron chi connectivity index (χ0n) is 13.7. The van der Waals surface area contributed by atoms with E-state index < -0.39 is 0 Å². The number of hydrogen-bond donors (Lipinski definition) is 1. The number of carbonyl (C=O) groups excluding carboxylic acids is 1. The monoisotopic (exact) mass is 327 g/mol. The van der Waals surface area contributed by atoms with E-state index in [1.54, 1.807) is 0 Å². The van der Waals surface area contributed by atoms with Crippen molar-refractivity contribution in [2.45, 2.75) is 26.0 Å². The van der Waals surface area contributed by atoms with Crippen molar-refractivity contribution in [3.8, 4) is 11.5 Å². The summed E-state index contributed by atoms with van der Waals surface area (Å²) in [5.41, 5.74) is 2.02. The molecular weight excluding hydrogens is 306 g/mol. The summed E-state index contributed by atoms with van der Waals surface area (Å²) in [7, 11) is 0. The summed E-state index contributed by atoms with van der Waals surface area (Å²) in [6.45, 7) is 3.19. The number of nitrogens with one attached hydrogen (secondary N) is 1. The molecule has 0 saturated carbocycles. The number of rotatable bonds is 7. The van der Waals surface area contributed by atoms with Crippen molar-refractivity contribution in [2.75, 3.05) is 13.4 Å². The lowest BCUT2D eigenvalue weighted by Gasteiger charge is -2.14. The van der Waals surface area contributed by atoms with Crippen LogP contribution in [0.2, 0.25) is 0 Å². The van der Waals surface area contributed by atoms with E-state index in [-0.39, 0.29) is 18.7 Å². The highest BCUT2D eigenvalue weighted by Gasteiger charge is 2.15. The largest absolute Gasteiger partial charge is 0.454 e. The van der Waals surface area contributed by atoms with Crippen LogP contribution in [0, 0.1) is 0 Å². The molecule has 0 saturated heterocycles. The van der Waals surface area contributed by atoms with Crippen molar-refractivity contribution in [2.24, 2.45) is 0 Å². The first kappa shape index (κ1) is 16.3. The van der Waals surface area contributed by atoms with Gasteiger partial charge in [-0.2, -0.15) is 0 Å². The SMILES string of the molecule is CC(COCc1ccccc1)NC(=O)Cc1ccc2c(c1)OCO2. The summed E-state index contributed by atoms with van der Waals surface area (Å²) in [6, 6.07) is 15.5. The Morgan fingerprint density at radius 3 is 2.75 bits per heavy atom. The second-order valence-corrected chi connectivity index (χ2v) is 5.83. The molecule has 0 aromatic heterocycles. The van der Waals surface area contributed by atoms with Gasteiger partial charge in [-0.15, -0.1) is 0 Å². The van der Waals surface area contributed by atoms with Crippen LogP contribution in [0.5, 0.6) is 11.5 Å². The molecule has 3 rings (SSSR count). The average Bonchev–Trinajstić information content (AvgIpc) is 3.03. The molecule has 24 heavy (non-hydrogen) atoms. The fourth-order valence-electron chi connectivity index (χ4n) is 2.53. The van der Waals surface area contributed by atoms with Crippen LogP contribution in [0.4, 0.5) is 0 Å². The Morgan fingerprint density at radius 1 is 1.12 bits per heavy atom. The van der Waals surface area contributed by atoms with Crippen molar-refractivity contribution in [1.29, 1.82) is 0 Å². The van der Waals surface area contributed by atoms with Gasteiger partial charge in [0.05, 0.1) is 19.6 Å². The third kappa shape index (κ3) is 4.49. The third-order valence-electron chi connectivity index (χ3n) is 3.69. The van der Waals surface area contributed by atoms with Gasteiger partial charge in [0.25, 0.3) is 0 Å². The molecule has 1 heterocycles. The van der Waals surface area contributed by atoms with Crippen molar-refractivity contribution < 1.29 is 19.0 Å². The van der Waals surface area contributed by atoms with E-state index in [0.717, 1.165) is 16.9 Å². The van der Waals surface area contributed by atoms with E-state index in [1.165, 1.54) is 0 Å². The highest BCUT2D eigenvalue weighted by molar-refractivity contribution is 5.79. The van der Waals surface area contributed by atoms with Crippen molar-refractivity contribution in [3.05, 3.63) is 59.7 Å². The molecule has 1 aliphatic rings. The molecule has 1 N–H and O–H groups in total. The molecule has 5 nitrogen and oxygen atoms in total. The Hall–Kier alpha value is -2.53. The first-order valence-corrected chi connectivity index (χ1v) is 8.00. The summed E-state index contributed by atoms with van der Waals surface area (Å²) in [5.74, 6) is 1.38. The van der Waals surface area contributed by atoms with Crippen LogP contribution in [0.15, 0.2) is 48.5 Å². The first-order valence-electron chi connectivity index (χ1n) is 8.00. The second kappa shape index (κ2) is 7.84. The van der Waals surface area contributed by atoms with Crippen LogP contribution in [-0.4, -0.2) is 25.3 Å². The summed E-state index contributed by atoms with van der Waals surface area (Å²) in [6.07, 6.45) is 0.305. The molecule has 1 aliphatic heterocycles. The van der Waals surface area contributed by atoms with Gasteiger partial charge in [-0.05, 0) is 30.2 Å². The number of fused-ring (bicyclic) bond motifs is 1. The summed E-state index contributed by atoms with van der Waals surface area (Å²) in [5, 5.41) is 2.95. The smallest absolute Gasteiger partial charge is 0.231 e. The van der Waals surface area contributed by atoms with Crippen molar-refractivity contribution in [3.63, 3.8) is 0 Å². The number of benzene rings is 2. The summed E-state index contributed by atoms with van der Waals surface area (Å²) in [4.78, 5) is 12.1. The molecule has 0 aliphatic carbocycles. The topological polar surface area (TPSA) is 56.8 Å². The molecule has 1 amide bonds. The molecule has 0 radical (unpaired) electrons. The van der Waals surface area contributed by atoms with Gasteiger partial charge < -0.3 is 19.5 Å². The van der Waals surface area contributed by atoms with Crippen molar-refractivity contribution in [1.82, 2.24) is 5.32 Å². The Labute approximate surface area is 141 Å². The van der Waals surface area contributed by atoms with Crippen LogP contribution >= 0.6 is 0 Å². The molecule has 126 valence electrons. The molecule has 5 heteroatoms. The van der Waals surface area contributed by atoms with Crippen LogP contribution in [0.25, 0.3) is 0 Å². The standard InChI is InChI=1S/C19H21NO4/c1-14(11-22-12-15-5-3-2-4-6-15)20-19(21)10-16-7-8-17-18(9-16)24-13-23-17/h2-9,14H,10-13H2,1H3,(H,20,21). The Morgan fingerprint density at radius 2 is 1.92 bits per heavy atom. The minimum absolute atomic E-state index is 0.0373. The average molecular weight is 327 g/mol. The zero-order chi connectivity index (χ0) is 16.8. The first-order chi connectivity index (χ1) is 11.7. The second-order valence-electron chi connectivity index (χ2n) is 5.83. The Bertz CT molecular complexity index is 687. The fraction of sp³-hybridized carbons (Fsp3) is 0.316. The van der Waals surface area contributed by atoms with Gasteiger partial charge in [-0.1, -0.05) is 36.4 Å². The van der Waals surface area contributed by atoms with Crippen LogP contribution < -0.4 is 14.8 Å². The minimum atomic E-state index is -0.0461. The molecular formula is C19H21NO4. The maximum absolute atomic E-state index is 12.1. The molecule has 0 spiro atoms. The Kier molecular flexibility index (Phi) is 5.33. The number of ether oxygens (including phenoxy) is 3. The maximum atomic E-state index is 12.1. The highest BCUT2D eigenvalue weighted by Crippen LogP contribution is 2.32. The van der Waals surface area contributed by atoms with Gasteiger partial charge in [0.15, 0.2) is 11.5 Å². The quantitative estimate of drug-likeness (QED) is 0.849. The van der Waals surface area contributed by atoms with Gasteiger partial charge in [0.2, 0.25) is 12.7 Å². The van der Waals surface area contributed by atoms with Crippen molar-refractivity contribution >= 4 is 5.91 Å². The van der Waals surface area contributed by atoms with E-state index in [9.17, 15) is 4.79 Å². The normalized spacial score (nSPS) is 13.5. The molecule has 2 aromatic rings. The van der Waals surface area contributed by atoms with E-state index in [4.69, 9.17) is 14.2 Å². The third-order valence-corrected chi connectivity index (χ3v) is 3.69. The van der Waals surface area contributed by atoms with Gasteiger partial charge in [0, 0.05) is 6.04 Å². The van der Waals surface area contributed by atoms with E-state index >= 15 is 0 Å². The number of hydrogen-bond acceptors (Lipinski definition) is 4. The van der Waals surface area contributed by atoms with E-state index in [0.29, 0.717) is 25.4 Å². The molecule has 1 atom stereocenters. The van der Waals surface area contributed by atoms with E-state index in [1.807, 2.05) is 55.5 Å². The lowest BCUT2D eigenvalue weighted by Crippen LogP contribution is -2.36. The molecule has 1 unspecified atom stereocenters. The van der Waals surface area contributed by atoms with Gasteiger partial charge in [0.1, 0.15) is 0 Å². The fourth-order valence-corrected chi connectivity index (χ4v) is 2.53. The molecule has 0 fully saturated rings. The number of carbonyl (C=O) groups is 1. The van der Waals surface area contributed by atoms with Crippen LogP contribution in [0.1, 0.15) is 18.1 Å². The molecule has 2 aromatic carbocycles. The van der Waals surface area contributed by atoms with Gasteiger partial charge in [-0.25, -0.2) is 0 Å². The zero-order valence-corrected chi connectivity index (χ0v) is 13.7. The summed E-state index contributed by atoms with van der Waals surface area (Å²) >= 11 is 0.